The van der Waals surface area contributed by atoms with Gasteiger partial charge in [-0.3, -0.25) is 4.79 Å². The lowest BCUT2D eigenvalue weighted by molar-refractivity contribution is -0.156. The molecule has 1 aromatic heterocycles. The van der Waals surface area contributed by atoms with Crippen molar-refractivity contribution in [2.45, 2.75) is 32.1 Å². The molecule has 0 saturated heterocycles. The van der Waals surface area contributed by atoms with Crippen LogP contribution in [0.25, 0.3) is 0 Å². The van der Waals surface area contributed by atoms with Crippen LogP contribution in [-0.4, -0.2) is 22.5 Å². The van der Waals surface area contributed by atoms with E-state index in [1.807, 2.05) is 24.3 Å². The fraction of sp³-hybridized carbons (Fsp3) is 0.292. The van der Waals surface area contributed by atoms with Crippen LogP contribution in [0.15, 0.2) is 71.8 Å². The van der Waals surface area contributed by atoms with Gasteiger partial charge in [0.2, 0.25) is 0 Å². The third kappa shape index (κ3) is 4.45. The Morgan fingerprint density at radius 2 is 1.79 bits per heavy atom. The summed E-state index contributed by atoms with van der Waals surface area (Å²) in [6.45, 7) is 0.269. The molecule has 0 radical (unpaired) electrons. The van der Waals surface area contributed by atoms with Gasteiger partial charge in [0, 0.05) is 18.8 Å². The predicted molar refractivity (Wildman–Crippen MR) is 111 cm³/mol. The third-order valence-corrected chi connectivity index (χ3v) is 5.69. The predicted octanol–water partition coefficient (Wildman–Crippen LogP) is 3.27. The Bertz CT molecular complexity index is 1020. The normalized spacial score (nSPS) is 18.1. The minimum atomic E-state index is -0.557. The Hall–Kier alpha value is -3.21. The van der Waals surface area contributed by atoms with E-state index in [4.69, 9.17) is 4.74 Å². The first-order valence-electron chi connectivity index (χ1n) is 9.96. The molecule has 5 heteroatoms. The molecular formula is C24H24N2O3. The summed E-state index contributed by atoms with van der Waals surface area (Å²) in [7, 11) is 0. The van der Waals surface area contributed by atoms with Crippen LogP contribution < -0.4 is 5.69 Å². The van der Waals surface area contributed by atoms with Gasteiger partial charge in [-0.25, -0.2) is 9.78 Å². The molecule has 29 heavy (non-hydrogen) atoms. The van der Waals surface area contributed by atoms with Crippen molar-refractivity contribution in [3.8, 4) is 0 Å². The van der Waals surface area contributed by atoms with Crippen LogP contribution in [0.5, 0.6) is 0 Å². The number of nitrogens with zero attached hydrogens (tertiary/aromatic N) is 1. The van der Waals surface area contributed by atoms with E-state index in [1.54, 1.807) is 6.20 Å². The number of fused-ring (bicyclic) bond motifs is 1. The molecule has 2 aromatic carbocycles. The maximum absolute atomic E-state index is 13.3. The second kappa shape index (κ2) is 8.43. The summed E-state index contributed by atoms with van der Waals surface area (Å²) < 4.78 is 5.75. The van der Waals surface area contributed by atoms with E-state index in [-0.39, 0.29) is 18.3 Å². The Morgan fingerprint density at radius 1 is 1.03 bits per heavy atom. The van der Waals surface area contributed by atoms with Crippen molar-refractivity contribution in [3.05, 3.63) is 99.7 Å². The largest absolute Gasteiger partial charge is 0.465 e. The van der Waals surface area contributed by atoms with Crippen LogP contribution >= 0.6 is 0 Å². The van der Waals surface area contributed by atoms with E-state index in [2.05, 4.69) is 40.3 Å². The van der Waals surface area contributed by atoms with Crippen molar-refractivity contribution in [1.82, 2.24) is 9.97 Å². The summed E-state index contributed by atoms with van der Waals surface area (Å²) in [4.78, 5) is 30.6. The first kappa shape index (κ1) is 19.1. The molecule has 0 amide bonds. The molecule has 0 aliphatic heterocycles. The molecule has 4 rings (SSSR count). The van der Waals surface area contributed by atoms with Gasteiger partial charge in [-0.2, -0.15) is 0 Å². The van der Waals surface area contributed by atoms with Crippen LogP contribution in [0.4, 0.5) is 0 Å². The number of rotatable bonds is 6. The van der Waals surface area contributed by atoms with Crippen molar-refractivity contribution >= 4 is 5.97 Å². The molecule has 1 aliphatic rings. The van der Waals surface area contributed by atoms with E-state index in [9.17, 15) is 9.59 Å². The van der Waals surface area contributed by atoms with Crippen molar-refractivity contribution in [3.63, 3.8) is 0 Å². The number of aromatic nitrogens is 2. The Kier molecular flexibility index (Phi) is 5.56. The monoisotopic (exact) mass is 388 g/mol. The Labute approximate surface area is 169 Å². The minimum absolute atomic E-state index is 0.145. The molecule has 1 N–H and O–H groups in total. The number of H-pyrrole nitrogens is 1. The smallest absolute Gasteiger partial charge is 0.344 e. The van der Waals surface area contributed by atoms with Crippen LogP contribution in [-0.2, 0) is 35.2 Å². The van der Waals surface area contributed by atoms with Crippen LogP contribution in [0.1, 0.15) is 28.7 Å². The first-order chi connectivity index (χ1) is 14.1. The molecule has 5 nitrogen and oxygen atoms in total. The summed E-state index contributed by atoms with van der Waals surface area (Å²) >= 11 is 0. The van der Waals surface area contributed by atoms with Crippen molar-refractivity contribution in [2.24, 2.45) is 5.41 Å². The lowest BCUT2D eigenvalue weighted by Gasteiger charge is -2.36. The van der Waals surface area contributed by atoms with Gasteiger partial charge in [-0.15, -0.1) is 0 Å². The second-order valence-electron chi connectivity index (χ2n) is 7.70. The van der Waals surface area contributed by atoms with E-state index in [0.29, 0.717) is 19.3 Å². The van der Waals surface area contributed by atoms with Gasteiger partial charge in [0.05, 0.1) is 12.0 Å². The van der Waals surface area contributed by atoms with Gasteiger partial charge in [-0.1, -0.05) is 54.6 Å². The highest BCUT2D eigenvalue weighted by molar-refractivity contribution is 5.78. The number of nitrogens with one attached hydrogen (secondary N) is 1. The number of hydrogen-bond donors (Lipinski definition) is 1. The molecule has 3 aromatic rings. The number of aryl methyl sites for hydroxylation is 1. The van der Waals surface area contributed by atoms with E-state index < -0.39 is 5.41 Å². The van der Waals surface area contributed by atoms with E-state index >= 15 is 0 Å². The topological polar surface area (TPSA) is 72.0 Å². The van der Waals surface area contributed by atoms with Gasteiger partial charge in [0.25, 0.3) is 0 Å². The van der Waals surface area contributed by atoms with Crippen LogP contribution in [0.3, 0.4) is 0 Å². The molecule has 1 aliphatic carbocycles. The summed E-state index contributed by atoms with van der Waals surface area (Å²) in [6, 6.07) is 18.5. The number of aromatic amines is 1. The summed E-state index contributed by atoms with van der Waals surface area (Å²) in [5, 5.41) is 0. The lowest BCUT2D eigenvalue weighted by Crippen LogP contribution is -2.40. The average molecular weight is 388 g/mol. The highest BCUT2D eigenvalue weighted by Crippen LogP contribution is 2.39. The Balaban J connectivity index is 1.51. The van der Waals surface area contributed by atoms with Crippen LogP contribution in [0.2, 0.25) is 0 Å². The third-order valence-electron chi connectivity index (χ3n) is 5.69. The molecule has 0 bridgehead atoms. The fourth-order valence-corrected chi connectivity index (χ4v) is 4.11. The van der Waals surface area contributed by atoms with Gasteiger partial charge in [0.1, 0.15) is 0 Å². The average Bonchev–Trinajstić information content (AvgIpc) is 2.75. The van der Waals surface area contributed by atoms with Crippen molar-refractivity contribution < 1.29 is 9.53 Å². The van der Waals surface area contributed by atoms with Crippen molar-refractivity contribution in [2.75, 3.05) is 6.61 Å². The Morgan fingerprint density at radius 3 is 2.55 bits per heavy atom. The molecule has 1 heterocycles. The molecule has 0 saturated carbocycles. The molecule has 148 valence electrons. The maximum atomic E-state index is 13.3. The van der Waals surface area contributed by atoms with Gasteiger partial charge in [0.15, 0.2) is 0 Å². The van der Waals surface area contributed by atoms with Crippen molar-refractivity contribution in [1.29, 1.82) is 0 Å². The number of benzene rings is 2. The molecule has 0 fully saturated rings. The highest BCUT2D eigenvalue weighted by Gasteiger charge is 2.42. The fourth-order valence-electron chi connectivity index (χ4n) is 4.11. The quantitative estimate of drug-likeness (QED) is 0.658. The van der Waals surface area contributed by atoms with E-state index in [1.165, 1.54) is 17.3 Å². The van der Waals surface area contributed by atoms with Gasteiger partial charge in [-0.05, 0) is 47.9 Å². The van der Waals surface area contributed by atoms with Gasteiger partial charge < -0.3 is 9.72 Å². The zero-order valence-electron chi connectivity index (χ0n) is 16.3. The SMILES string of the molecule is O=C(OCCc1cnc(=O)[nH]c1)C1(Cc2ccccc2)CCc2ccccc2C1. The number of esters is 1. The molecule has 1 atom stereocenters. The zero-order chi connectivity index (χ0) is 20.1. The summed E-state index contributed by atoms with van der Waals surface area (Å²) in [5.74, 6) is -0.145. The highest BCUT2D eigenvalue weighted by atomic mass is 16.5. The van der Waals surface area contributed by atoms with Crippen LogP contribution in [0, 0.1) is 5.41 Å². The number of carbonyl (C=O) groups is 1. The lowest BCUT2D eigenvalue weighted by atomic mass is 9.68. The zero-order valence-corrected chi connectivity index (χ0v) is 16.3. The summed E-state index contributed by atoms with van der Waals surface area (Å²) in [5.41, 5.74) is 3.60. The second-order valence-corrected chi connectivity index (χ2v) is 7.70. The molecular weight excluding hydrogens is 364 g/mol. The first-order valence-corrected chi connectivity index (χ1v) is 9.96. The summed E-state index contributed by atoms with van der Waals surface area (Å²) in [6.07, 6.45) is 6.66. The number of hydrogen-bond acceptors (Lipinski definition) is 4. The molecule has 0 spiro atoms. The number of ether oxygens (including phenoxy) is 1. The minimum Gasteiger partial charge on any atom is -0.465 e. The van der Waals surface area contributed by atoms with E-state index in [0.717, 1.165) is 24.0 Å². The maximum Gasteiger partial charge on any atom is 0.344 e. The molecule has 1 unspecified atom stereocenters. The standard InChI is InChI=1S/C24H24N2O3/c27-22(29-13-11-19-16-25-23(28)26-17-19)24(14-18-6-2-1-3-7-18)12-10-20-8-4-5-9-21(20)15-24/h1-9,16-17H,10-15H2,(H,25,26,28). The van der Waals surface area contributed by atoms with Gasteiger partial charge >= 0.3 is 11.7 Å². The number of carbonyl (C=O) groups excluding carboxylic acids is 1.